The number of nitrogens with zero attached hydrogens (tertiary/aromatic N) is 1. The Labute approximate surface area is 98.2 Å². The van der Waals surface area contributed by atoms with E-state index in [4.69, 9.17) is 10.5 Å². The number of likely N-dealkylation sites (N-methyl/N-ethyl adjacent to an activating group) is 1. The minimum atomic E-state index is 0.403. The van der Waals surface area contributed by atoms with Gasteiger partial charge in [-0.2, -0.15) is 0 Å². The number of hydrogen-bond acceptors (Lipinski definition) is 3. The van der Waals surface area contributed by atoms with Crippen LogP contribution in [0.5, 0.6) is 0 Å². The number of benzene rings is 1. The van der Waals surface area contributed by atoms with Gasteiger partial charge in [-0.1, -0.05) is 19.1 Å². The summed E-state index contributed by atoms with van der Waals surface area (Å²) in [6.07, 6.45) is 0. The Hall–Kier alpha value is -1.06. The molecule has 0 aliphatic rings. The van der Waals surface area contributed by atoms with Gasteiger partial charge in [-0.15, -0.1) is 0 Å². The molecule has 16 heavy (non-hydrogen) atoms. The van der Waals surface area contributed by atoms with Crippen LogP contribution < -0.4 is 5.73 Å². The molecule has 0 bridgehead atoms. The molecule has 3 nitrogen and oxygen atoms in total. The molecule has 0 saturated heterocycles. The van der Waals surface area contributed by atoms with Crippen LogP contribution in [0.25, 0.3) is 0 Å². The summed E-state index contributed by atoms with van der Waals surface area (Å²) >= 11 is 0. The van der Waals surface area contributed by atoms with Crippen molar-refractivity contribution in [1.82, 2.24) is 4.90 Å². The first-order valence-electron chi connectivity index (χ1n) is 5.77. The van der Waals surface area contributed by atoms with E-state index in [-0.39, 0.29) is 0 Å². The predicted molar refractivity (Wildman–Crippen MR) is 68.4 cm³/mol. The largest absolute Gasteiger partial charge is 0.399 e. The molecular weight excluding hydrogens is 200 g/mol. The predicted octanol–water partition coefficient (Wildman–Crippen LogP) is 2.30. The van der Waals surface area contributed by atoms with Gasteiger partial charge >= 0.3 is 0 Å². The van der Waals surface area contributed by atoms with E-state index in [9.17, 15) is 0 Å². The fourth-order valence-electron chi connectivity index (χ4n) is 1.82. The highest BCUT2D eigenvalue weighted by molar-refractivity contribution is 5.40. The lowest BCUT2D eigenvalue weighted by Gasteiger charge is -2.27. The second-order valence-electron chi connectivity index (χ2n) is 3.96. The van der Waals surface area contributed by atoms with Crippen LogP contribution >= 0.6 is 0 Å². The summed E-state index contributed by atoms with van der Waals surface area (Å²) in [7, 11) is 1.74. The van der Waals surface area contributed by atoms with Crippen molar-refractivity contribution in [1.29, 1.82) is 0 Å². The molecule has 1 rings (SSSR count). The quantitative estimate of drug-likeness (QED) is 0.751. The van der Waals surface area contributed by atoms with E-state index in [2.05, 4.69) is 30.9 Å². The Morgan fingerprint density at radius 3 is 2.44 bits per heavy atom. The molecular formula is C13H22N2O. The van der Waals surface area contributed by atoms with Gasteiger partial charge in [0.1, 0.15) is 0 Å². The molecule has 0 aliphatic heterocycles. The van der Waals surface area contributed by atoms with Crippen molar-refractivity contribution in [3.8, 4) is 0 Å². The number of ether oxygens (including phenoxy) is 1. The highest BCUT2D eigenvalue weighted by Gasteiger charge is 2.13. The van der Waals surface area contributed by atoms with Gasteiger partial charge in [-0.25, -0.2) is 0 Å². The third kappa shape index (κ3) is 3.51. The molecule has 0 amide bonds. The number of rotatable bonds is 6. The first kappa shape index (κ1) is 13.0. The second-order valence-corrected chi connectivity index (χ2v) is 3.96. The zero-order chi connectivity index (χ0) is 12.0. The molecule has 3 heteroatoms. The van der Waals surface area contributed by atoms with Crippen molar-refractivity contribution in [3.63, 3.8) is 0 Å². The highest BCUT2D eigenvalue weighted by atomic mass is 16.5. The minimum absolute atomic E-state index is 0.403. The Morgan fingerprint density at radius 1 is 1.31 bits per heavy atom. The van der Waals surface area contributed by atoms with E-state index in [1.165, 1.54) is 5.56 Å². The topological polar surface area (TPSA) is 38.5 Å². The smallest absolute Gasteiger partial charge is 0.0589 e. The average Bonchev–Trinajstić information content (AvgIpc) is 2.30. The van der Waals surface area contributed by atoms with Crippen molar-refractivity contribution >= 4 is 5.69 Å². The summed E-state index contributed by atoms with van der Waals surface area (Å²) < 4.78 is 5.12. The maximum atomic E-state index is 5.68. The zero-order valence-electron chi connectivity index (χ0n) is 10.4. The Kier molecular flexibility index (Phi) is 5.29. The first-order chi connectivity index (χ1) is 7.69. The summed E-state index contributed by atoms with van der Waals surface area (Å²) in [6.45, 7) is 7.13. The molecule has 1 atom stereocenters. The van der Waals surface area contributed by atoms with E-state index in [0.29, 0.717) is 6.04 Å². The molecule has 0 saturated carbocycles. The first-order valence-corrected chi connectivity index (χ1v) is 5.77. The van der Waals surface area contributed by atoms with Crippen LogP contribution in [0.15, 0.2) is 24.3 Å². The van der Waals surface area contributed by atoms with Gasteiger partial charge in [-0.3, -0.25) is 4.90 Å². The van der Waals surface area contributed by atoms with Crippen LogP contribution in [0.2, 0.25) is 0 Å². The van der Waals surface area contributed by atoms with Crippen LogP contribution in [0, 0.1) is 0 Å². The number of methoxy groups -OCH3 is 1. The normalized spacial score (nSPS) is 13.0. The van der Waals surface area contributed by atoms with E-state index in [1.54, 1.807) is 7.11 Å². The van der Waals surface area contributed by atoms with E-state index < -0.39 is 0 Å². The van der Waals surface area contributed by atoms with Gasteiger partial charge in [0.25, 0.3) is 0 Å². The van der Waals surface area contributed by atoms with E-state index >= 15 is 0 Å². The maximum absolute atomic E-state index is 5.68. The summed E-state index contributed by atoms with van der Waals surface area (Å²) in [6, 6.07) is 8.50. The van der Waals surface area contributed by atoms with Gasteiger partial charge in [0.2, 0.25) is 0 Å². The molecule has 1 unspecified atom stereocenters. The minimum Gasteiger partial charge on any atom is -0.399 e. The Balaban J connectivity index is 2.66. The van der Waals surface area contributed by atoms with Gasteiger partial charge in [0.05, 0.1) is 6.61 Å². The molecule has 1 aromatic carbocycles. The van der Waals surface area contributed by atoms with Crippen LogP contribution in [-0.2, 0) is 4.74 Å². The zero-order valence-corrected chi connectivity index (χ0v) is 10.4. The van der Waals surface area contributed by atoms with Crippen LogP contribution in [-0.4, -0.2) is 31.7 Å². The van der Waals surface area contributed by atoms with Crippen molar-refractivity contribution in [2.75, 3.05) is 32.5 Å². The second kappa shape index (κ2) is 6.51. The monoisotopic (exact) mass is 222 g/mol. The number of hydrogen-bond donors (Lipinski definition) is 1. The Morgan fingerprint density at radius 2 is 1.94 bits per heavy atom. The number of nitrogen functional groups attached to an aromatic ring is 1. The van der Waals surface area contributed by atoms with E-state index in [0.717, 1.165) is 25.4 Å². The number of anilines is 1. The lowest BCUT2D eigenvalue weighted by atomic mass is 10.1. The molecule has 0 fully saturated rings. The highest BCUT2D eigenvalue weighted by Crippen LogP contribution is 2.20. The molecule has 2 N–H and O–H groups in total. The van der Waals surface area contributed by atoms with Crippen molar-refractivity contribution in [3.05, 3.63) is 29.8 Å². The third-order valence-electron chi connectivity index (χ3n) is 2.96. The van der Waals surface area contributed by atoms with Gasteiger partial charge in [-0.05, 0) is 31.2 Å². The summed E-state index contributed by atoms with van der Waals surface area (Å²) in [5.74, 6) is 0. The van der Waals surface area contributed by atoms with Gasteiger partial charge < -0.3 is 10.5 Å². The van der Waals surface area contributed by atoms with Crippen molar-refractivity contribution in [2.45, 2.75) is 19.9 Å². The summed E-state index contributed by atoms with van der Waals surface area (Å²) in [4.78, 5) is 2.38. The maximum Gasteiger partial charge on any atom is 0.0589 e. The van der Waals surface area contributed by atoms with Crippen LogP contribution in [0.1, 0.15) is 25.5 Å². The lowest BCUT2D eigenvalue weighted by Crippen LogP contribution is -2.30. The van der Waals surface area contributed by atoms with Crippen LogP contribution in [0.3, 0.4) is 0 Å². The van der Waals surface area contributed by atoms with Gasteiger partial charge in [0.15, 0.2) is 0 Å². The molecule has 90 valence electrons. The molecule has 0 aliphatic carbocycles. The fraction of sp³-hybridized carbons (Fsp3) is 0.538. The Bertz CT molecular complexity index is 297. The molecule has 0 spiro atoms. The van der Waals surface area contributed by atoms with Crippen LogP contribution in [0.4, 0.5) is 5.69 Å². The summed E-state index contributed by atoms with van der Waals surface area (Å²) in [5, 5.41) is 0. The standard InChI is InChI=1S/C13H22N2O/c1-4-15(9-10-16-3)11(2)12-5-7-13(14)8-6-12/h5-8,11H,4,9-10,14H2,1-3H3. The average molecular weight is 222 g/mol. The van der Waals surface area contributed by atoms with E-state index in [1.807, 2.05) is 12.1 Å². The molecule has 1 aromatic rings. The third-order valence-corrected chi connectivity index (χ3v) is 2.96. The molecule has 0 aromatic heterocycles. The van der Waals surface area contributed by atoms with Crippen molar-refractivity contribution < 1.29 is 4.74 Å². The SMILES string of the molecule is CCN(CCOC)C(C)c1ccc(N)cc1. The molecule has 0 heterocycles. The summed E-state index contributed by atoms with van der Waals surface area (Å²) in [5.41, 5.74) is 7.80. The van der Waals surface area contributed by atoms with Crippen molar-refractivity contribution in [2.24, 2.45) is 0 Å². The number of nitrogens with two attached hydrogens (primary N) is 1. The molecule has 0 radical (unpaired) electrons. The van der Waals surface area contributed by atoms with Gasteiger partial charge in [0, 0.05) is 25.4 Å². The lowest BCUT2D eigenvalue weighted by molar-refractivity contribution is 0.129. The fourth-order valence-corrected chi connectivity index (χ4v) is 1.82.